The molecule has 0 radical (unpaired) electrons. The summed E-state index contributed by atoms with van der Waals surface area (Å²) in [5.74, 6) is 0.995. The number of unbranched alkanes of at least 4 members (excludes halogenated alkanes) is 4. The largest absolute Gasteiger partial charge is 0.493 e. The summed E-state index contributed by atoms with van der Waals surface area (Å²) < 4.78 is 5.97. The van der Waals surface area contributed by atoms with E-state index in [1.54, 1.807) is 0 Å². The third-order valence-corrected chi connectivity index (χ3v) is 3.48. The number of hydrogen-bond donors (Lipinski definition) is 0. The van der Waals surface area contributed by atoms with Crippen LogP contribution in [-0.2, 0) is 0 Å². The Bertz CT molecular complexity index is 490. The fourth-order valence-electron chi connectivity index (χ4n) is 2.34. The number of ether oxygens (including phenoxy) is 1. The summed E-state index contributed by atoms with van der Waals surface area (Å²) in [5, 5.41) is 0. The first-order valence-electron chi connectivity index (χ1n) is 7.69. The van der Waals surface area contributed by atoms with Gasteiger partial charge in [-0.1, -0.05) is 81.1 Å². The van der Waals surface area contributed by atoms with E-state index >= 15 is 0 Å². The number of benzene rings is 2. The predicted octanol–water partition coefficient (Wildman–Crippen LogP) is 5.70. The average molecular weight is 268 g/mol. The molecule has 0 saturated carbocycles. The third kappa shape index (κ3) is 4.41. The monoisotopic (exact) mass is 268 g/mol. The molecule has 1 heteroatoms. The van der Waals surface area contributed by atoms with Gasteiger partial charge in [-0.3, -0.25) is 0 Å². The highest BCUT2D eigenvalue weighted by molar-refractivity contribution is 5.70. The summed E-state index contributed by atoms with van der Waals surface area (Å²) in [7, 11) is 0. The molecule has 2 aromatic carbocycles. The van der Waals surface area contributed by atoms with Gasteiger partial charge in [0.1, 0.15) is 5.75 Å². The van der Waals surface area contributed by atoms with Crippen LogP contribution in [0.1, 0.15) is 39.0 Å². The van der Waals surface area contributed by atoms with Gasteiger partial charge in [0.2, 0.25) is 0 Å². The van der Waals surface area contributed by atoms with Crippen molar-refractivity contribution in [3.8, 4) is 16.9 Å². The molecule has 0 saturated heterocycles. The van der Waals surface area contributed by atoms with Crippen molar-refractivity contribution in [1.29, 1.82) is 0 Å². The molecule has 0 aliphatic heterocycles. The van der Waals surface area contributed by atoms with E-state index in [1.165, 1.54) is 36.8 Å². The van der Waals surface area contributed by atoms with E-state index in [9.17, 15) is 0 Å². The lowest BCUT2D eigenvalue weighted by atomic mass is 10.1. The van der Waals surface area contributed by atoms with Gasteiger partial charge in [0.25, 0.3) is 0 Å². The molecule has 0 aliphatic rings. The minimum Gasteiger partial charge on any atom is -0.493 e. The van der Waals surface area contributed by atoms with E-state index in [1.807, 2.05) is 12.1 Å². The van der Waals surface area contributed by atoms with Crippen LogP contribution >= 0.6 is 0 Å². The highest BCUT2D eigenvalue weighted by Crippen LogP contribution is 2.29. The van der Waals surface area contributed by atoms with Gasteiger partial charge in [0, 0.05) is 5.56 Å². The van der Waals surface area contributed by atoms with E-state index in [-0.39, 0.29) is 0 Å². The quantitative estimate of drug-likeness (QED) is 0.558. The maximum Gasteiger partial charge on any atom is 0.127 e. The predicted molar refractivity (Wildman–Crippen MR) is 86.1 cm³/mol. The van der Waals surface area contributed by atoms with Gasteiger partial charge < -0.3 is 4.74 Å². The van der Waals surface area contributed by atoms with Gasteiger partial charge in [0.15, 0.2) is 0 Å². The van der Waals surface area contributed by atoms with Crippen LogP contribution in [0.25, 0.3) is 11.1 Å². The molecule has 2 rings (SSSR count). The van der Waals surface area contributed by atoms with Gasteiger partial charge in [-0.2, -0.15) is 0 Å². The van der Waals surface area contributed by atoms with Crippen LogP contribution in [0.5, 0.6) is 5.75 Å². The average Bonchev–Trinajstić information content (AvgIpc) is 2.52. The molecule has 0 atom stereocenters. The number of rotatable bonds is 8. The summed E-state index contributed by atoms with van der Waals surface area (Å²) in [4.78, 5) is 0. The summed E-state index contributed by atoms with van der Waals surface area (Å²) >= 11 is 0. The van der Waals surface area contributed by atoms with Gasteiger partial charge in [-0.15, -0.1) is 0 Å². The van der Waals surface area contributed by atoms with Crippen LogP contribution in [0.2, 0.25) is 0 Å². The van der Waals surface area contributed by atoms with E-state index in [2.05, 4.69) is 49.4 Å². The van der Waals surface area contributed by atoms with Crippen molar-refractivity contribution in [2.75, 3.05) is 6.61 Å². The standard InChI is InChI=1S/C19H24O/c1-2-3-4-5-11-16-20-19-15-10-9-14-18(19)17-12-7-6-8-13-17/h6-10,12-15H,2-5,11,16H2,1H3. The lowest BCUT2D eigenvalue weighted by Crippen LogP contribution is -1.98. The van der Waals surface area contributed by atoms with Crippen LogP contribution in [0.3, 0.4) is 0 Å². The zero-order valence-corrected chi connectivity index (χ0v) is 12.3. The van der Waals surface area contributed by atoms with Crippen molar-refractivity contribution in [3.63, 3.8) is 0 Å². The molecule has 20 heavy (non-hydrogen) atoms. The van der Waals surface area contributed by atoms with E-state index < -0.39 is 0 Å². The second-order valence-electron chi connectivity index (χ2n) is 5.12. The second-order valence-corrected chi connectivity index (χ2v) is 5.12. The Balaban J connectivity index is 1.92. The lowest BCUT2D eigenvalue weighted by Gasteiger charge is -2.11. The summed E-state index contributed by atoms with van der Waals surface area (Å²) in [5.41, 5.74) is 2.40. The van der Waals surface area contributed by atoms with Crippen molar-refractivity contribution in [2.45, 2.75) is 39.0 Å². The smallest absolute Gasteiger partial charge is 0.127 e. The molecule has 1 nitrogen and oxygen atoms in total. The molecule has 0 N–H and O–H groups in total. The Morgan fingerprint density at radius 1 is 0.750 bits per heavy atom. The first-order valence-corrected chi connectivity index (χ1v) is 7.69. The minimum atomic E-state index is 0.813. The molecule has 0 heterocycles. The Labute approximate surface area is 122 Å². The molecule has 0 amide bonds. The van der Waals surface area contributed by atoms with Crippen molar-refractivity contribution in [1.82, 2.24) is 0 Å². The molecule has 0 fully saturated rings. The maximum atomic E-state index is 5.97. The van der Waals surface area contributed by atoms with Crippen LogP contribution in [-0.4, -0.2) is 6.61 Å². The van der Waals surface area contributed by atoms with Gasteiger partial charge in [-0.25, -0.2) is 0 Å². The molecule has 106 valence electrons. The molecule has 0 bridgehead atoms. The van der Waals surface area contributed by atoms with Gasteiger partial charge >= 0.3 is 0 Å². The van der Waals surface area contributed by atoms with Gasteiger partial charge in [-0.05, 0) is 18.1 Å². The lowest BCUT2D eigenvalue weighted by molar-refractivity contribution is 0.306. The number of para-hydroxylation sites is 1. The highest BCUT2D eigenvalue weighted by Gasteiger charge is 2.04. The molecule has 0 unspecified atom stereocenters. The number of hydrogen-bond acceptors (Lipinski definition) is 1. The zero-order chi connectivity index (χ0) is 14.0. The van der Waals surface area contributed by atoms with E-state index in [0.717, 1.165) is 18.8 Å². The van der Waals surface area contributed by atoms with Crippen LogP contribution in [0, 0.1) is 0 Å². The summed E-state index contributed by atoms with van der Waals surface area (Å²) in [6.07, 6.45) is 6.35. The third-order valence-electron chi connectivity index (χ3n) is 3.48. The first-order chi connectivity index (χ1) is 9.92. The summed E-state index contributed by atoms with van der Waals surface area (Å²) in [6.45, 7) is 3.06. The molecule has 2 aromatic rings. The highest BCUT2D eigenvalue weighted by atomic mass is 16.5. The normalized spacial score (nSPS) is 10.4. The fraction of sp³-hybridized carbons (Fsp3) is 0.368. The van der Waals surface area contributed by atoms with Crippen molar-refractivity contribution >= 4 is 0 Å². The van der Waals surface area contributed by atoms with Crippen LogP contribution in [0.4, 0.5) is 0 Å². The van der Waals surface area contributed by atoms with Crippen molar-refractivity contribution < 1.29 is 4.74 Å². The van der Waals surface area contributed by atoms with E-state index in [0.29, 0.717) is 0 Å². The Kier molecular flexibility index (Phi) is 6.16. The van der Waals surface area contributed by atoms with E-state index in [4.69, 9.17) is 4.74 Å². The molecule has 0 aliphatic carbocycles. The maximum absolute atomic E-state index is 5.97. The van der Waals surface area contributed by atoms with Crippen LogP contribution in [0.15, 0.2) is 54.6 Å². The SMILES string of the molecule is CCCCCCCOc1ccccc1-c1ccccc1. The first kappa shape index (κ1) is 14.6. The second kappa shape index (κ2) is 8.42. The molecule has 0 spiro atoms. The summed E-state index contributed by atoms with van der Waals surface area (Å²) in [6, 6.07) is 18.7. The molecule has 0 aromatic heterocycles. The van der Waals surface area contributed by atoms with Gasteiger partial charge in [0.05, 0.1) is 6.61 Å². The zero-order valence-electron chi connectivity index (χ0n) is 12.3. The van der Waals surface area contributed by atoms with Crippen molar-refractivity contribution in [2.24, 2.45) is 0 Å². The Morgan fingerprint density at radius 3 is 2.25 bits per heavy atom. The Morgan fingerprint density at radius 2 is 1.45 bits per heavy atom. The van der Waals surface area contributed by atoms with Crippen molar-refractivity contribution in [3.05, 3.63) is 54.6 Å². The Hall–Kier alpha value is -1.76. The minimum absolute atomic E-state index is 0.813. The molecular weight excluding hydrogens is 244 g/mol. The molecular formula is C19H24O. The van der Waals surface area contributed by atoms with Crippen LogP contribution < -0.4 is 4.74 Å². The fourth-order valence-corrected chi connectivity index (χ4v) is 2.34. The topological polar surface area (TPSA) is 9.23 Å².